The predicted molar refractivity (Wildman–Crippen MR) is 77.2 cm³/mol. The van der Waals surface area contributed by atoms with Crippen LogP contribution in [0.3, 0.4) is 0 Å². The summed E-state index contributed by atoms with van der Waals surface area (Å²) in [5.41, 5.74) is 0.945. The van der Waals surface area contributed by atoms with Crippen LogP contribution in [0.15, 0.2) is 36.4 Å². The van der Waals surface area contributed by atoms with E-state index in [1.54, 1.807) is 6.92 Å². The van der Waals surface area contributed by atoms with Gasteiger partial charge in [0.2, 0.25) is 0 Å². The SMILES string of the molecule is CC1CN(c2ccc3ccccc3n2)CCS1(=O)=O. The second kappa shape index (κ2) is 4.49. The molecule has 1 unspecified atom stereocenters. The zero-order chi connectivity index (χ0) is 13.5. The Labute approximate surface area is 113 Å². The molecule has 19 heavy (non-hydrogen) atoms. The molecular weight excluding hydrogens is 260 g/mol. The fourth-order valence-electron chi connectivity index (χ4n) is 2.39. The maximum Gasteiger partial charge on any atom is 0.156 e. The van der Waals surface area contributed by atoms with Crippen LogP contribution >= 0.6 is 0 Å². The smallest absolute Gasteiger partial charge is 0.156 e. The summed E-state index contributed by atoms with van der Waals surface area (Å²) >= 11 is 0. The van der Waals surface area contributed by atoms with E-state index in [1.165, 1.54) is 0 Å². The van der Waals surface area contributed by atoms with Gasteiger partial charge in [0, 0.05) is 18.5 Å². The summed E-state index contributed by atoms with van der Waals surface area (Å²) in [5, 5.41) is 0.776. The third kappa shape index (κ3) is 2.30. The molecule has 1 aliphatic heterocycles. The standard InChI is InChI=1S/C14H16N2O2S/c1-11-10-16(8-9-19(11,17)18)14-7-6-12-4-2-3-5-13(12)15-14/h2-7,11H,8-10H2,1H3. The van der Waals surface area contributed by atoms with Crippen LogP contribution < -0.4 is 4.90 Å². The van der Waals surface area contributed by atoms with Crippen molar-refractivity contribution >= 4 is 26.6 Å². The van der Waals surface area contributed by atoms with Crippen molar-refractivity contribution in [3.8, 4) is 0 Å². The highest BCUT2D eigenvalue weighted by atomic mass is 32.2. The Balaban J connectivity index is 1.93. The molecule has 1 atom stereocenters. The van der Waals surface area contributed by atoms with Crippen LogP contribution in [0.4, 0.5) is 5.82 Å². The highest BCUT2D eigenvalue weighted by Crippen LogP contribution is 2.21. The number of sulfone groups is 1. The van der Waals surface area contributed by atoms with Crippen molar-refractivity contribution < 1.29 is 8.42 Å². The fourth-order valence-corrected chi connectivity index (χ4v) is 3.68. The number of hydrogen-bond donors (Lipinski definition) is 0. The molecule has 0 bridgehead atoms. The molecule has 0 radical (unpaired) electrons. The van der Waals surface area contributed by atoms with Gasteiger partial charge in [-0.25, -0.2) is 13.4 Å². The minimum Gasteiger partial charge on any atom is -0.354 e. The highest BCUT2D eigenvalue weighted by molar-refractivity contribution is 7.92. The van der Waals surface area contributed by atoms with E-state index in [9.17, 15) is 8.42 Å². The molecule has 0 aliphatic carbocycles. The van der Waals surface area contributed by atoms with Gasteiger partial charge < -0.3 is 4.90 Å². The zero-order valence-corrected chi connectivity index (χ0v) is 11.6. The Bertz CT molecular complexity index is 712. The van der Waals surface area contributed by atoms with Gasteiger partial charge in [-0.15, -0.1) is 0 Å². The number of para-hydroxylation sites is 1. The van der Waals surface area contributed by atoms with Crippen molar-refractivity contribution in [1.29, 1.82) is 0 Å². The molecule has 4 nitrogen and oxygen atoms in total. The first-order valence-electron chi connectivity index (χ1n) is 6.38. The van der Waals surface area contributed by atoms with Crippen molar-refractivity contribution in [3.63, 3.8) is 0 Å². The number of pyridine rings is 1. The number of nitrogens with zero attached hydrogens (tertiary/aromatic N) is 2. The molecule has 1 saturated heterocycles. The van der Waals surface area contributed by atoms with Crippen molar-refractivity contribution in [2.75, 3.05) is 23.7 Å². The van der Waals surface area contributed by atoms with E-state index < -0.39 is 9.84 Å². The van der Waals surface area contributed by atoms with E-state index >= 15 is 0 Å². The van der Waals surface area contributed by atoms with E-state index in [1.807, 2.05) is 36.4 Å². The molecule has 100 valence electrons. The van der Waals surface area contributed by atoms with Crippen LogP contribution in [0.1, 0.15) is 6.92 Å². The van der Waals surface area contributed by atoms with Crippen LogP contribution in [0.25, 0.3) is 10.9 Å². The number of fused-ring (bicyclic) bond motifs is 1. The lowest BCUT2D eigenvalue weighted by Gasteiger charge is -2.31. The summed E-state index contributed by atoms with van der Waals surface area (Å²) in [7, 11) is -2.91. The number of rotatable bonds is 1. The summed E-state index contributed by atoms with van der Waals surface area (Å²) < 4.78 is 23.4. The fraction of sp³-hybridized carbons (Fsp3) is 0.357. The normalized spacial score (nSPS) is 22.6. The van der Waals surface area contributed by atoms with Gasteiger partial charge in [-0.2, -0.15) is 0 Å². The second-order valence-corrected chi connectivity index (χ2v) is 7.52. The van der Waals surface area contributed by atoms with Crippen LogP contribution in [0.2, 0.25) is 0 Å². The van der Waals surface area contributed by atoms with E-state index in [-0.39, 0.29) is 11.0 Å². The highest BCUT2D eigenvalue weighted by Gasteiger charge is 2.29. The minimum absolute atomic E-state index is 0.211. The van der Waals surface area contributed by atoms with Crippen LogP contribution in [0, 0.1) is 0 Å². The van der Waals surface area contributed by atoms with Crippen molar-refractivity contribution in [2.24, 2.45) is 0 Å². The van der Waals surface area contributed by atoms with Crippen LogP contribution in [-0.2, 0) is 9.84 Å². The monoisotopic (exact) mass is 276 g/mol. The minimum atomic E-state index is -2.91. The number of anilines is 1. The van der Waals surface area contributed by atoms with Gasteiger partial charge in [0.25, 0.3) is 0 Å². The van der Waals surface area contributed by atoms with Crippen molar-refractivity contribution in [1.82, 2.24) is 4.98 Å². The van der Waals surface area contributed by atoms with Gasteiger partial charge in [-0.1, -0.05) is 18.2 Å². The summed E-state index contributed by atoms with van der Waals surface area (Å²) in [4.78, 5) is 6.67. The average molecular weight is 276 g/mol. The van der Waals surface area contributed by atoms with Gasteiger partial charge >= 0.3 is 0 Å². The van der Waals surface area contributed by atoms with Gasteiger partial charge in [0.1, 0.15) is 5.82 Å². The number of hydrogen-bond acceptors (Lipinski definition) is 4. The van der Waals surface area contributed by atoms with Gasteiger partial charge in [0.15, 0.2) is 9.84 Å². The van der Waals surface area contributed by atoms with Crippen molar-refractivity contribution in [2.45, 2.75) is 12.2 Å². The molecule has 0 saturated carbocycles. The lowest BCUT2D eigenvalue weighted by atomic mass is 10.2. The Morgan fingerprint density at radius 2 is 2.00 bits per heavy atom. The lowest BCUT2D eigenvalue weighted by Crippen LogP contribution is -2.45. The Hall–Kier alpha value is -1.62. The topological polar surface area (TPSA) is 50.3 Å². The maximum absolute atomic E-state index is 11.7. The molecule has 1 aromatic carbocycles. The quantitative estimate of drug-likeness (QED) is 0.797. The second-order valence-electron chi connectivity index (χ2n) is 4.99. The largest absolute Gasteiger partial charge is 0.354 e. The van der Waals surface area contributed by atoms with E-state index in [4.69, 9.17) is 0 Å². The van der Waals surface area contributed by atoms with Gasteiger partial charge in [0.05, 0.1) is 16.5 Å². The summed E-state index contributed by atoms with van der Waals surface area (Å²) in [6.45, 7) is 2.81. The Morgan fingerprint density at radius 1 is 1.21 bits per heavy atom. The van der Waals surface area contributed by atoms with Crippen LogP contribution in [-0.4, -0.2) is 37.5 Å². The molecule has 2 heterocycles. The molecule has 0 amide bonds. The van der Waals surface area contributed by atoms with E-state index in [2.05, 4.69) is 9.88 Å². The predicted octanol–water partition coefficient (Wildman–Crippen LogP) is 1.86. The molecule has 3 rings (SSSR count). The first-order chi connectivity index (χ1) is 9.06. The Morgan fingerprint density at radius 3 is 2.79 bits per heavy atom. The zero-order valence-electron chi connectivity index (χ0n) is 10.8. The van der Waals surface area contributed by atoms with Crippen molar-refractivity contribution in [3.05, 3.63) is 36.4 Å². The molecule has 2 aromatic rings. The Kier molecular flexibility index (Phi) is 2.93. The first kappa shape index (κ1) is 12.4. The van der Waals surface area contributed by atoms with Crippen LogP contribution in [0.5, 0.6) is 0 Å². The molecule has 1 aromatic heterocycles. The third-order valence-electron chi connectivity index (χ3n) is 3.64. The first-order valence-corrected chi connectivity index (χ1v) is 8.10. The maximum atomic E-state index is 11.7. The third-order valence-corrected chi connectivity index (χ3v) is 5.77. The molecule has 1 aliphatic rings. The summed E-state index contributed by atoms with van der Waals surface area (Å²) in [6.07, 6.45) is 0. The average Bonchev–Trinajstić information content (AvgIpc) is 2.41. The summed E-state index contributed by atoms with van der Waals surface area (Å²) in [5.74, 6) is 1.07. The lowest BCUT2D eigenvalue weighted by molar-refractivity contribution is 0.568. The van der Waals surface area contributed by atoms with Gasteiger partial charge in [-0.3, -0.25) is 0 Å². The van der Waals surface area contributed by atoms with E-state index in [0.29, 0.717) is 13.1 Å². The number of aromatic nitrogens is 1. The molecule has 5 heteroatoms. The molecule has 0 spiro atoms. The molecule has 0 N–H and O–H groups in total. The van der Waals surface area contributed by atoms with Gasteiger partial charge in [-0.05, 0) is 25.1 Å². The molecule has 1 fully saturated rings. The molecular formula is C14H16N2O2S. The summed E-state index contributed by atoms with van der Waals surface area (Å²) in [6, 6.07) is 11.9. The van der Waals surface area contributed by atoms with E-state index in [0.717, 1.165) is 16.7 Å². The number of benzene rings is 1.